The maximum atomic E-state index is 13.2. The Bertz CT molecular complexity index is 966. The predicted molar refractivity (Wildman–Crippen MR) is 94.8 cm³/mol. The monoisotopic (exact) mass is 373 g/mol. The molecule has 5 nitrogen and oxygen atoms in total. The Balaban J connectivity index is 1.71. The number of carbonyl (C=O) groups is 2. The van der Waals surface area contributed by atoms with Crippen LogP contribution in [0.1, 0.15) is 16.1 Å². The fraction of sp³-hybridized carbons (Fsp3) is 0.0526. The van der Waals surface area contributed by atoms with E-state index in [1.54, 1.807) is 30.3 Å². The van der Waals surface area contributed by atoms with E-state index in [1.165, 1.54) is 24.3 Å². The quantitative estimate of drug-likeness (QED) is 0.684. The van der Waals surface area contributed by atoms with Crippen molar-refractivity contribution in [1.29, 1.82) is 0 Å². The van der Waals surface area contributed by atoms with Crippen LogP contribution < -0.4 is 5.32 Å². The molecule has 26 heavy (non-hydrogen) atoms. The van der Waals surface area contributed by atoms with Crippen LogP contribution >= 0.6 is 11.6 Å². The summed E-state index contributed by atoms with van der Waals surface area (Å²) in [6, 6.07) is 13.7. The molecular formula is C19H13ClFNO4. The fourth-order valence-corrected chi connectivity index (χ4v) is 2.52. The second kappa shape index (κ2) is 7.41. The number of rotatable bonds is 5. The summed E-state index contributed by atoms with van der Waals surface area (Å²) in [5.41, 5.74) is 1.68. The van der Waals surface area contributed by atoms with Crippen LogP contribution in [-0.2, 0) is 11.2 Å². The van der Waals surface area contributed by atoms with Crippen molar-refractivity contribution in [3.63, 3.8) is 0 Å². The number of carbonyl (C=O) groups excluding carboxylic acids is 1. The van der Waals surface area contributed by atoms with E-state index in [4.69, 9.17) is 21.1 Å². The SMILES string of the molecule is O=C(O)Cc1ccc(NC(=O)c2ccc(-c3ccc(F)c(Cl)c3)o2)cc1. The van der Waals surface area contributed by atoms with Crippen molar-refractivity contribution in [3.05, 3.63) is 76.8 Å². The van der Waals surface area contributed by atoms with Gasteiger partial charge in [-0.1, -0.05) is 23.7 Å². The van der Waals surface area contributed by atoms with Gasteiger partial charge >= 0.3 is 5.97 Å². The molecule has 1 heterocycles. The Hall–Kier alpha value is -3.12. The molecule has 0 aliphatic carbocycles. The molecule has 0 spiro atoms. The fourth-order valence-electron chi connectivity index (χ4n) is 2.34. The van der Waals surface area contributed by atoms with Crippen LogP contribution in [0, 0.1) is 5.82 Å². The van der Waals surface area contributed by atoms with Gasteiger partial charge in [-0.3, -0.25) is 9.59 Å². The highest BCUT2D eigenvalue weighted by atomic mass is 35.5. The number of amides is 1. The van der Waals surface area contributed by atoms with E-state index in [2.05, 4.69) is 5.32 Å². The number of aliphatic carboxylic acids is 1. The van der Waals surface area contributed by atoms with Gasteiger partial charge in [0, 0.05) is 11.3 Å². The average Bonchev–Trinajstić information content (AvgIpc) is 3.09. The van der Waals surface area contributed by atoms with E-state index < -0.39 is 17.7 Å². The predicted octanol–water partition coefficient (Wildman–Crippen LogP) is 4.62. The minimum Gasteiger partial charge on any atom is -0.481 e. The average molecular weight is 374 g/mol. The highest BCUT2D eigenvalue weighted by Crippen LogP contribution is 2.27. The molecule has 0 saturated carbocycles. The molecule has 3 rings (SSSR count). The van der Waals surface area contributed by atoms with Gasteiger partial charge in [-0.15, -0.1) is 0 Å². The van der Waals surface area contributed by atoms with Crippen molar-refractivity contribution >= 4 is 29.2 Å². The molecule has 132 valence electrons. The number of carboxylic acid groups (broad SMARTS) is 1. The normalized spacial score (nSPS) is 10.5. The standard InChI is InChI=1S/C19H13ClFNO4/c20-14-10-12(3-6-15(14)21)16-7-8-17(26-16)19(25)22-13-4-1-11(2-5-13)9-18(23)24/h1-8,10H,9H2,(H,22,25)(H,23,24). The minimum absolute atomic E-state index is 0.0358. The lowest BCUT2D eigenvalue weighted by Crippen LogP contribution is -2.10. The summed E-state index contributed by atoms with van der Waals surface area (Å²) >= 11 is 5.75. The third-order valence-electron chi connectivity index (χ3n) is 3.60. The molecule has 1 amide bonds. The highest BCUT2D eigenvalue weighted by Gasteiger charge is 2.13. The molecule has 7 heteroatoms. The number of halogens is 2. The van der Waals surface area contributed by atoms with Crippen LogP contribution in [0.25, 0.3) is 11.3 Å². The summed E-state index contributed by atoms with van der Waals surface area (Å²) in [5, 5.41) is 11.4. The summed E-state index contributed by atoms with van der Waals surface area (Å²) in [6.45, 7) is 0. The minimum atomic E-state index is -0.925. The van der Waals surface area contributed by atoms with Crippen molar-refractivity contribution in [1.82, 2.24) is 0 Å². The van der Waals surface area contributed by atoms with Crippen LogP contribution in [0.5, 0.6) is 0 Å². The molecule has 3 aromatic rings. The second-order valence-corrected chi connectivity index (χ2v) is 5.92. The van der Waals surface area contributed by atoms with Gasteiger partial charge in [-0.2, -0.15) is 0 Å². The Morgan fingerprint density at radius 1 is 1.08 bits per heavy atom. The van der Waals surface area contributed by atoms with Crippen molar-refractivity contribution < 1.29 is 23.5 Å². The lowest BCUT2D eigenvalue weighted by Gasteiger charge is -2.04. The van der Waals surface area contributed by atoms with Crippen LogP contribution in [-0.4, -0.2) is 17.0 Å². The largest absolute Gasteiger partial charge is 0.481 e. The smallest absolute Gasteiger partial charge is 0.307 e. The Kier molecular flexibility index (Phi) is 5.04. The van der Waals surface area contributed by atoms with E-state index in [1.807, 2.05) is 0 Å². The lowest BCUT2D eigenvalue weighted by molar-refractivity contribution is -0.136. The van der Waals surface area contributed by atoms with Crippen molar-refractivity contribution in [2.75, 3.05) is 5.32 Å². The van der Waals surface area contributed by atoms with Crippen molar-refractivity contribution in [3.8, 4) is 11.3 Å². The van der Waals surface area contributed by atoms with E-state index in [9.17, 15) is 14.0 Å². The first-order chi connectivity index (χ1) is 12.4. The zero-order valence-corrected chi connectivity index (χ0v) is 14.1. The van der Waals surface area contributed by atoms with Crippen LogP contribution in [0.2, 0.25) is 5.02 Å². The van der Waals surface area contributed by atoms with E-state index in [0.717, 1.165) is 0 Å². The van der Waals surface area contributed by atoms with Gasteiger partial charge in [0.15, 0.2) is 5.76 Å². The first-order valence-corrected chi connectivity index (χ1v) is 7.97. The summed E-state index contributed by atoms with van der Waals surface area (Å²) in [7, 11) is 0. The van der Waals surface area contributed by atoms with Gasteiger partial charge in [-0.05, 0) is 48.0 Å². The van der Waals surface area contributed by atoms with Gasteiger partial charge in [0.2, 0.25) is 0 Å². The summed E-state index contributed by atoms with van der Waals surface area (Å²) < 4.78 is 18.7. The Morgan fingerprint density at radius 3 is 2.46 bits per heavy atom. The van der Waals surface area contributed by atoms with E-state index in [0.29, 0.717) is 22.6 Å². The molecular weight excluding hydrogens is 361 g/mol. The van der Waals surface area contributed by atoms with Gasteiger partial charge < -0.3 is 14.8 Å². The third kappa shape index (κ3) is 4.10. The molecule has 2 N–H and O–H groups in total. The van der Waals surface area contributed by atoms with Crippen molar-refractivity contribution in [2.45, 2.75) is 6.42 Å². The van der Waals surface area contributed by atoms with Crippen LogP contribution in [0.15, 0.2) is 59.0 Å². The van der Waals surface area contributed by atoms with Crippen molar-refractivity contribution in [2.24, 2.45) is 0 Å². The number of furan rings is 1. The Labute approximate surface area is 153 Å². The zero-order chi connectivity index (χ0) is 18.7. The molecule has 0 unspecified atom stereocenters. The van der Waals surface area contributed by atoms with Gasteiger partial charge in [0.25, 0.3) is 5.91 Å². The number of hydrogen-bond acceptors (Lipinski definition) is 3. The zero-order valence-electron chi connectivity index (χ0n) is 13.3. The lowest BCUT2D eigenvalue weighted by atomic mass is 10.1. The molecule has 0 fully saturated rings. The molecule has 0 atom stereocenters. The number of carboxylic acids is 1. The van der Waals surface area contributed by atoms with Crippen LogP contribution in [0.3, 0.4) is 0 Å². The Morgan fingerprint density at radius 2 is 1.81 bits per heavy atom. The summed E-state index contributed by atoms with van der Waals surface area (Å²) in [4.78, 5) is 22.9. The maximum Gasteiger partial charge on any atom is 0.307 e. The number of anilines is 1. The first kappa shape index (κ1) is 17.7. The van der Waals surface area contributed by atoms with Gasteiger partial charge in [-0.25, -0.2) is 4.39 Å². The van der Waals surface area contributed by atoms with E-state index in [-0.39, 0.29) is 17.2 Å². The second-order valence-electron chi connectivity index (χ2n) is 5.51. The molecule has 1 aromatic heterocycles. The van der Waals surface area contributed by atoms with Crippen LogP contribution in [0.4, 0.5) is 10.1 Å². The molecule has 2 aromatic carbocycles. The maximum absolute atomic E-state index is 13.2. The van der Waals surface area contributed by atoms with Gasteiger partial charge in [0.05, 0.1) is 11.4 Å². The number of nitrogens with one attached hydrogen (secondary N) is 1. The number of hydrogen-bond donors (Lipinski definition) is 2. The third-order valence-corrected chi connectivity index (χ3v) is 3.89. The topological polar surface area (TPSA) is 79.5 Å². The first-order valence-electron chi connectivity index (χ1n) is 7.60. The molecule has 0 saturated heterocycles. The molecule has 0 aliphatic heterocycles. The molecule has 0 aliphatic rings. The summed E-state index contributed by atoms with van der Waals surface area (Å²) in [6.07, 6.45) is -0.0873. The number of benzene rings is 2. The van der Waals surface area contributed by atoms with E-state index >= 15 is 0 Å². The molecule has 0 bridgehead atoms. The molecule has 0 radical (unpaired) electrons. The van der Waals surface area contributed by atoms with Gasteiger partial charge in [0.1, 0.15) is 11.6 Å². The highest BCUT2D eigenvalue weighted by molar-refractivity contribution is 6.31. The summed E-state index contributed by atoms with van der Waals surface area (Å²) in [5.74, 6) is -1.46.